The van der Waals surface area contributed by atoms with Gasteiger partial charge in [0, 0.05) is 24.0 Å². The number of nitrogens with one attached hydrogen (secondary N) is 2. The minimum atomic E-state index is 0.687. The van der Waals surface area contributed by atoms with E-state index in [0.717, 1.165) is 35.6 Å². The van der Waals surface area contributed by atoms with Crippen molar-refractivity contribution in [1.82, 2.24) is 15.1 Å². The first-order chi connectivity index (χ1) is 8.24. The van der Waals surface area contributed by atoms with E-state index in [1.807, 2.05) is 23.9 Å². The van der Waals surface area contributed by atoms with Crippen LogP contribution in [0.2, 0.25) is 5.02 Å². The largest absolute Gasteiger partial charge is 0.354 e. The molecular formula is C11H12ClN5. The molecule has 88 valence electrons. The fourth-order valence-corrected chi connectivity index (χ4v) is 2.22. The molecule has 6 heteroatoms. The number of fused-ring (bicyclic) bond motifs is 1. The van der Waals surface area contributed by atoms with Crippen molar-refractivity contribution < 1.29 is 0 Å². The number of benzene rings is 1. The predicted octanol–water partition coefficient (Wildman–Crippen LogP) is 1.60. The minimum absolute atomic E-state index is 0.687. The van der Waals surface area contributed by atoms with E-state index in [4.69, 9.17) is 11.6 Å². The van der Waals surface area contributed by atoms with E-state index in [1.165, 1.54) is 0 Å². The zero-order valence-corrected chi connectivity index (χ0v) is 10.1. The first-order valence-corrected chi connectivity index (χ1v) is 5.78. The second-order valence-corrected chi connectivity index (χ2v) is 4.38. The number of aliphatic imine (C=N–C) groups is 1. The van der Waals surface area contributed by atoms with E-state index in [-0.39, 0.29) is 0 Å². The van der Waals surface area contributed by atoms with Crippen molar-refractivity contribution in [2.75, 3.05) is 18.4 Å². The van der Waals surface area contributed by atoms with Gasteiger partial charge >= 0.3 is 0 Å². The van der Waals surface area contributed by atoms with Crippen molar-refractivity contribution in [2.24, 2.45) is 12.0 Å². The fraction of sp³-hybridized carbons (Fsp3) is 0.273. The van der Waals surface area contributed by atoms with E-state index >= 15 is 0 Å². The summed E-state index contributed by atoms with van der Waals surface area (Å²) in [7, 11) is 1.91. The molecule has 0 unspecified atom stereocenters. The van der Waals surface area contributed by atoms with Gasteiger partial charge < -0.3 is 10.6 Å². The Balaban J connectivity index is 2.10. The first-order valence-electron chi connectivity index (χ1n) is 5.40. The van der Waals surface area contributed by atoms with E-state index in [2.05, 4.69) is 20.7 Å². The van der Waals surface area contributed by atoms with Gasteiger partial charge in [0.1, 0.15) is 0 Å². The van der Waals surface area contributed by atoms with E-state index < -0.39 is 0 Å². The third-order valence-corrected chi connectivity index (χ3v) is 2.94. The number of anilines is 1. The van der Waals surface area contributed by atoms with Gasteiger partial charge in [-0.25, -0.2) is 0 Å². The molecular weight excluding hydrogens is 238 g/mol. The van der Waals surface area contributed by atoms with Gasteiger partial charge in [-0.1, -0.05) is 11.6 Å². The highest BCUT2D eigenvalue weighted by Crippen LogP contribution is 2.27. The Morgan fingerprint density at radius 1 is 1.47 bits per heavy atom. The summed E-state index contributed by atoms with van der Waals surface area (Å²) in [4.78, 5) is 4.30. The Morgan fingerprint density at radius 2 is 2.35 bits per heavy atom. The van der Waals surface area contributed by atoms with Crippen molar-refractivity contribution >= 4 is 34.2 Å². The normalized spacial score (nSPS) is 14.8. The monoisotopic (exact) mass is 249 g/mol. The SMILES string of the molecule is Cn1ncc2cc(Cl)cc(NC3=NCCN3)c21. The van der Waals surface area contributed by atoms with Crippen LogP contribution in [0.15, 0.2) is 23.3 Å². The molecule has 0 radical (unpaired) electrons. The second kappa shape index (κ2) is 3.92. The molecule has 0 saturated heterocycles. The number of halogens is 1. The van der Waals surface area contributed by atoms with Crippen molar-refractivity contribution in [3.05, 3.63) is 23.4 Å². The average Bonchev–Trinajstić information content (AvgIpc) is 2.89. The molecule has 0 atom stereocenters. The minimum Gasteiger partial charge on any atom is -0.354 e. The summed E-state index contributed by atoms with van der Waals surface area (Å²) >= 11 is 6.08. The number of hydrogen-bond donors (Lipinski definition) is 2. The molecule has 0 fully saturated rings. The van der Waals surface area contributed by atoms with Crippen LogP contribution in [0.1, 0.15) is 0 Å². The zero-order valence-electron chi connectivity index (χ0n) is 9.37. The van der Waals surface area contributed by atoms with Crippen LogP contribution in [0.4, 0.5) is 5.69 Å². The molecule has 5 nitrogen and oxygen atoms in total. The highest BCUT2D eigenvalue weighted by molar-refractivity contribution is 6.32. The Morgan fingerprint density at radius 3 is 3.12 bits per heavy atom. The molecule has 0 saturated carbocycles. The molecule has 0 aliphatic carbocycles. The van der Waals surface area contributed by atoms with Crippen LogP contribution in [0.25, 0.3) is 10.9 Å². The Labute approximate surface area is 103 Å². The number of rotatable bonds is 1. The third-order valence-electron chi connectivity index (χ3n) is 2.73. The third kappa shape index (κ3) is 1.82. The Bertz CT molecular complexity index is 601. The lowest BCUT2D eigenvalue weighted by atomic mass is 10.2. The standard InChI is InChI=1S/C11H12ClN5/c1-17-10-7(6-15-17)4-8(12)5-9(10)16-11-13-2-3-14-11/h4-6H,2-3H2,1H3,(H2,13,14,16). The molecule has 1 aliphatic heterocycles. The smallest absolute Gasteiger partial charge is 0.195 e. The van der Waals surface area contributed by atoms with Gasteiger partial charge in [-0.05, 0) is 12.1 Å². The van der Waals surface area contributed by atoms with Gasteiger partial charge in [-0.3, -0.25) is 9.67 Å². The van der Waals surface area contributed by atoms with Gasteiger partial charge in [0.2, 0.25) is 0 Å². The van der Waals surface area contributed by atoms with Crippen LogP contribution >= 0.6 is 11.6 Å². The van der Waals surface area contributed by atoms with Gasteiger partial charge in [-0.15, -0.1) is 0 Å². The van der Waals surface area contributed by atoms with Crippen LogP contribution in [0.5, 0.6) is 0 Å². The highest BCUT2D eigenvalue weighted by Gasteiger charge is 2.11. The van der Waals surface area contributed by atoms with Crippen molar-refractivity contribution in [3.63, 3.8) is 0 Å². The zero-order chi connectivity index (χ0) is 11.8. The van der Waals surface area contributed by atoms with E-state index in [9.17, 15) is 0 Å². The number of nitrogens with zero attached hydrogens (tertiary/aromatic N) is 3. The number of hydrogen-bond acceptors (Lipinski definition) is 4. The summed E-state index contributed by atoms with van der Waals surface area (Å²) in [5.74, 6) is 0.787. The van der Waals surface area contributed by atoms with E-state index in [1.54, 1.807) is 6.20 Å². The molecule has 3 rings (SSSR count). The van der Waals surface area contributed by atoms with Gasteiger partial charge in [0.25, 0.3) is 0 Å². The molecule has 0 amide bonds. The van der Waals surface area contributed by atoms with Crippen molar-refractivity contribution in [2.45, 2.75) is 0 Å². The summed E-state index contributed by atoms with van der Waals surface area (Å²) < 4.78 is 1.82. The van der Waals surface area contributed by atoms with Gasteiger partial charge in [-0.2, -0.15) is 5.10 Å². The molecule has 1 aliphatic rings. The van der Waals surface area contributed by atoms with E-state index in [0.29, 0.717) is 5.02 Å². The van der Waals surface area contributed by atoms with Crippen molar-refractivity contribution in [3.8, 4) is 0 Å². The van der Waals surface area contributed by atoms with Crippen LogP contribution in [-0.2, 0) is 7.05 Å². The van der Waals surface area contributed by atoms with Crippen LogP contribution in [0.3, 0.4) is 0 Å². The maximum atomic E-state index is 6.08. The van der Waals surface area contributed by atoms with Crippen LogP contribution in [-0.4, -0.2) is 28.8 Å². The lowest BCUT2D eigenvalue weighted by molar-refractivity contribution is 0.797. The van der Waals surface area contributed by atoms with Gasteiger partial charge in [0.15, 0.2) is 5.96 Å². The van der Waals surface area contributed by atoms with Crippen molar-refractivity contribution in [1.29, 1.82) is 0 Å². The maximum absolute atomic E-state index is 6.08. The summed E-state index contributed by atoms with van der Waals surface area (Å²) in [6, 6.07) is 3.78. The molecule has 2 aromatic rings. The Hall–Kier alpha value is -1.75. The Kier molecular flexibility index (Phi) is 2.40. The lowest BCUT2D eigenvalue weighted by Gasteiger charge is -2.09. The highest BCUT2D eigenvalue weighted by atomic mass is 35.5. The molecule has 2 heterocycles. The topological polar surface area (TPSA) is 54.2 Å². The molecule has 0 spiro atoms. The van der Waals surface area contributed by atoms with Crippen LogP contribution in [0, 0.1) is 0 Å². The predicted molar refractivity (Wildman–Crippen MR) is 69.7 cm³/mol. The second-order valence-electron chi connectivity index (χ2n) is 3.94. The molecule has 0 bridgehead atoms. The molecule has 1 aromatic heterocycles. The number of guanidine groups is 1. The molecule has 1 aromatic carbocycles. The van der Waals surface area contributed by atoms with Gasteiger partial charge in [0.05, 0.1) is 23.9 Å². The number of aromatic nitrogens is 2. The quantitative estimate of drug-likeness (QED) is 0.807. The first kappa shape index (κ1) is 10.4. The summed E-state index contributed by atoms with van der Waals surface area (Å²) in [6.07, 6.45) is 1.80. The molecule has 17 heavy (non-hydrogen) atoms. The van der Waals surface area contributed by atoms with Crippen LogP contribution < -0.4 is 10.6 Å². The average molecular weight is 250 g/mol. The summed E-state index contributed by atoms with van der Waals surface area (Å²) in [6.45, 7) is 1.68. The summed E-state index contributed by atoms with van der Waals surface area (Å²) in [5, 5.41) is 12.3. The number of aryl methyl sites for hydroxylation is 1. The molecule has 2 N–H and O–H groups in total. The lowest BCUT2D eigenvalue weighted by Crippen LogP contribution is -2.26. The maximum Gasteiger partial charge on any atom is 0.195 e. The summed E-state index contributed by atoms with van der Waals surface area (Å²) in [5.41, 5.74) is 1.94. The fourth-order valence-electron chi connectivity index (χ4n) is 1.99.